The second-order valence-electron chi connectivity index (χ2n) is 2.58. The molecule has 6 nitrogen and oxygen atoms in total. The van der Waals surface area contributed by atoms with Gasteiger partial charge in [0.25, 0.3) is 0 Å². The van der Waals surface area contributed by atoms with Crippen LogP contribution < -0.4 is 0 Å². The highest BCUT2D eigenvalue weighted by Crippen LogP contribution is 2.28. The van der Waals surface area contributed by atoms with Crippen LogP contribution in [0.1, 0.15) is 2.74 Å². The number of aliphatic hydroxyl groups excluding tert-OH is 3. The maximum Gasteiger partial charge on any atom is 0.219 e. The minimum absolute atomic E-state index is 0.712. The topological polar surface area (TPSA) is 110 Å². The Balaban J connectivity index is 2.93. The van der Waals surface area contributed by atoms with Gasteiger partial charge in [-0.25, -0.2) is 0 Å². The van der Waals surface area contributed by atoms with E-state index in [2.05, 4.69) is 4.74 Å². The lowest BCUT2D eigenvalue weighted by Gasteiger charge is -2.22. The monoisotopic (exact) mass is 182 g/mol. The zero-order chi connectivity index (χ0) is 11.1. The molecule has 1 rings (SSSR count). The Kier molecular flexibility index (Phi) is 1.95. The summed E-state index contributed by atoms with van der Waals surface area (Å²) in [6, 6.07) is 0. The van der Waals surface area contributed by atoms with Crippen LogP contribution in [0.3, 0.4) is 0 Å². The molecule has 1 fully saturated rings. The lowest BCUT2D eigenvalue weighted by atomic mass is 10.1. The molecule has 1 saturated heterocycles. The van der Waals surface area contributed by atoms with Crippen LogP contribution in [-0.2, 0) is 4.74 Å². The van der Waals surface area contributed by atoms with Crippen molar-refractivity contribution in [1.82, 2.24) is 0 Å². The van der Waals surface area contributed by atoms with Crippen LogP contribution in [0.4, 0.5) is 0 Å². The molecule has 0 aromatic carbocycles. The number of ether oxygens (including phenoxy) is 1. The summed E-state index contributed by atoms with van der Waals surface area (Å²) in [6.07, 6.45) is -5.02. The van der Waals surface area contributed by atoms with Crippen molar-refractivity contribution in [3.63, 3.8) is 0 Å². The van der Waals surface area contributed by atoms with Gasteiger partial charge < -0.3 is 30.3 Å². The Labute approximate surface area is 71.5 Å². The number of hydrogen-bond acceptors (Lipinski definition) is 6. The fourth-order valence-corrected chi connectivity index (χ4v) is 1.04. The van der Waals surface area contributed by atoms with E-state index in [-0.39, 0.29) is 0 Å². The zero-order valence-corrected chi connectivity index (χ0v) is 6.08. The van der Waals surface area contributed by atoms with E-state index in [9.17, 15) is 15.3 Å². The fraction of sp³-hybridized carbons (Fsp3) is 1.00. The van der Waals surface area contributed by atoms with Crippen LogP contribution in [0.5, 0.6) is 0 Å². The molecule has 0 radical (unpaired) electrons. The first-order valence-corrected chi connectivity index (χ1v) is 3.33. The molecule has 1 aliphatic rings. The molecule has 4 atom stereocenters. The first-order valence-electron chi connectivity index (χ1n) is 4.33. The Morgan fingerprint density at radius 3 is 2.25 bits per heavy atom. The van der Waals surface area contributed by atoms with Gasteiger partial charge in [-0.3, -0.25) is 0 Å². The van der Waals surface area contributed by atoms with Crippen molar-refractivity contribution in [2.24, 2.45) is 0 Å². The van der Waals surface area contributed by atoms with Crippen molar-refractivity contribution < 1.29 is 33.0 Å². The average molecular weight is 182 g/mol. The highest BCUT2D eigenvalue weighted by Gasteiger charge is 2.52. The normalized spacial score (nSPS) is 51.9. The quantitative estimate of drug-likeness (QED) is 0.307. The van der Waals surface area contributed by atoms with E-state index in [0.29, 0.717) is 0 Å². The maximum absolute atomic E-state index is 9.40. The second-order valence-corrected chi connectivity index (χ2v) is 2.58. The van der Waals surface area contributed by atoms with Crippen LogP contribution in [0.2, 0.25) is 0 Å². The third-order valence-electron chi connectivity index (χ3n) is 1.78. The van der Waals surface area contributed by atoms with Crippen LogP contribution in [0.25, 0.3) is 0 Å². The van der Waals surface area contributed by atoms with E-state index in [1.54, 1.807) is 0 Å². The third kappa shape index (κ3) is 1.33. The lowest BCUT2D eigenvalue weighted by Crippen LogP contribution is -2.46. The van der Waals surface area contributed by atoms with Crippen molar-refractivity contribution in [3.05, 3.63) is 0 Å². The maximum atomic E-state index is 9.40. The second kappa shape index (κ2) is 3.25. The molecule has 6 heteroatoms. The predicted octanol–water partition coefficient (Wildman–Crippen LogP) is -3.22. The van der Waals surface area contributed by atoms with Crippen molar-refractivity contribution in [3.8, 4) is 0 Å². The number of rotatable bonds is 2. The molecular formula is C6H12O6. The summed E-state index contributed by atoms with van der Waals surface area (Å²) in [5.74, 6) is -2.93. The van der Waals surface area contributed by atoms with Crippen LogP contribution in [0.15, 0.2) is 0 Å². The van der Waals surface area contributed by atoms with E-state index in [0.717, 1.165) is 0 Å². The molecule has 5 N–H and O–H groups in total. The molecule has 12 heavy (non-hydrogen) atoms. The number of aliphatic hydroxyl groups is 5. The van der Waals surface area contributed by atoms with Crippen molar-refractivity contribution in [1.29, 1.82) is 0 Å². The molecule has 0 aliphatic carbocycles. The molecule has 1 heterocycles. The first-order chi connectivity index (χ1) is 6.24. The van der Waals surface area contributed by atoms with Gasteiger partial charge in [0.1, 0.15) is 18.3 Å². The smallest absolute Gasteiger partial charge is 0.219 e. The van der Waals surface area contributed by atoms with Gasteiger partial charge in [-0.2, -0.15) is 0 Å². The summed E-state index contributed by atoms with van der Waals surface area (Å²) in [7, 11) is 0. The summed E-state index contributed by atoms with van der Waals surface area (Å²) >= 11 is 0. The van der Waals surface area contributed by atoms with Crippen molar-refractivity contribution in [2.45, 2.75) is 24.1 Å². The number of hydrogen-bond donors (Lipinski definition) is 5. The molecule has 0 spiro atoms. The molecule has 0 aromatic rings. The van der Waals surface area contributed by atoms with E-state index >= 15 is 0 Å². The third-order valence-corrected chi connectivity index (χ3v) is 1.78. The van der Waals surface area contributed by atoms with Crippen LogP contribution >= 0.6 is 0 Å². The Morgan fingerprint density at radius 2 is 2.00 bits per heavy atom. The first kappa shape index (κ1) is 7.19. The van der Waals surface area contributed by atoms with Gasteiger partial charge in [0.2, 0.25) is 5.79 Å². The van der Waals surface area contributed by atoms with E-state index in [4.69, 9.17) is 13.0 Å². The Morgan fingerprint density at radius 1 is 1.42 bits per heavy atom. The summed E-state index contributed by atoms with van der Waals surface area (Å²) in [6.45, 7) is -3.95. The zero-order valence-electron chi connectivity index (χ0n) is 8.08. The highest BCUT2D eigenvalue weighted by atomic mass is 16.7. The lowest BCUT2D eigenvalue weighted by molar-refractivity contribution is -0.248. The molecular weight excluding hydrogens is 168 g/mol. The Bertz CT molecular complexity index is 219. The molecule has 0 amide bonds. The van der Waals surface area contributed by atoms with Gasteiger partial charge in [0.15, 0.2) is 0 Å². The van der Waals surface area contributed by atoms with Crippen molar-refractivity contribution in [2.75, 3.05) is 13.2 Å². The van der Waals surface area contributed by atoms with Gasteiger partial charge in [0.05, 0.1) is 15.9 Å². The predicted molar refractivity (Wildman–Crippen MR) is 36.0 cm³/mol. The SMILES string of the molecule is [2H]C([2H])(O)C1(O)O[C@H](CO)[C@@H](O)[C@@H]1O. The molecule has 72 valence electrons. The largest absolute Gasteiger partial charge is 0.394 e. The molecule has 1 unspecified atom stereocenters. The van der Waals surface area contributed by atoms with Gasteiger partial charge in [0, 0.05) is 0 Å². The van der Waals surface area contributed by atoms with Gasteiger partial charge >= 0.3 is 0 Å². The summed E-state index contributed by atoms with van der Waals surface area (Å²) < 4.78 is 18.1. The minimum atomic E-state index is -3.24. The van der Waals surface area contributed by atoms with E-state index < -0.39 is 37.3 Å². The van der Waals surface area contributed by atoms with Crippen molar-refractivity contribution >= 4 is 0 Å². The van der Waals surface area contributed by atoms with Gasteiger partial charge in [-0.1, -0.05) is 0 Å². The average Bonchev–Trinajstić information content (AvgIpc) is 2.29. The standard InChI is InChI=1S/C6H12O6/c7-1-3-4(9)5(10)6(11,2-8)12-3/h3-5,7-11H,1-2H2/t3-,4-,5+,6?/m1/s1/i2D2. The molecule has 1 aliphatic heterocycles. The highest BCUT2D eigenvalue weighted by molar-refractivity contribution is 4.94. The molecule has 0 aromatic heterocycles. The van der Waals surface area contributed by atoms with Gasteiger partial charge in [-0.05, 0) is 0 Å². The Hall–Kier alpha value is -0.240. The fourth-order valence-electron chi connectivity index (χ4n) is 1.04. The van der Waals surface area contributed by atoms with E-state index in [1.165, 1.54) is 0 Å². The summed E-state index contributed by atoms with van der Waals surface area (Å²) in [5, 5.41) is 45.3. The summed E-state index contributed by atoms with van der Waals surface area (Å²) in [5.41, 5.74) is 0. The minimum Gasteiger partial charge on any atom is -0.394 e. The van der Waals surface area contributed by atoms with Crippen LogP contribution in [-0.4, -0.2) is 62.8 Å². The van der Waals surface area contributed by atoms with E-state index in [1.807, 2.05) is 0 Å². The summed E-state index contributed by atoms with van der Waals surface area (Å²) in [4.78, 5) is 0. The molecule has 0 bridgehead atoms. The van der Waals surface area contributed by atoms with Crippen LogP contribution in [0, 0.1) is 0 Å². The van der Waals surface area contributed by atoms with Gasteiger partial charge in [-0.15, -0.1) is 0 Å². The molecule has 0 saturated carbocycles.